The van der Waals surface area contributed by atoms with Crippen LogP contribution in [0.4, 0.5) is 5.69 Å². The summed E-state index contributed by atoms with van der Waals surface area (Å²) in [6.45, 7) is 0.0403. The number of aromatic nitrogens is 1. The SMILES string of the molecule is COC(=O)CNC(=O)c1cccc(-c2cc(C(=O)Nc3ccncc3)ccc2CN)c1. The second-order valence-electron chi connectivity index (χ2n) is 6.61. The van der Waals surface area contributed by atoms with Crippen molar-refractivity contribution in [2.75, 3.05) is 19.0 Å². The number of anilines is 1. The summed E-state index contributed by atoms with van der Waals surface area (Å²) in [7, 11) is 1.25. The number of nitrogens with zero attached hydrogens (tertiary/aromatic N) is 1. The van der Waals surface area contributed by atoms with Crippen LogP contribution in [0.5, 0.6) is 0 Å². The van der Waals surface area contributed by atoms with Crippen molar-refractivity contribution in [2.24, 2.45) is 5.73 Å². The van der Waals surface area contributed by atoms with E-state index in [1.165, 1.54) is 7.11 Å². The molecule has 0 saturated heterocycles. The summed E-state index contributed by atoms with van der Waals surface area (Å²) in [5.74, 6) is -1.22. The summed E-state index contributed by atoms with van der Waals surface area (Å²) in [4.78, 5) is 40.2. The van der Waals surface area contributed by atoms with Crippen LogP contribution in [0.25, 0.3) is 11.1 Å². The molecule has 8 nitrogen and oxygen atoms in total. The van der Waals surface area contributed by atoms with Crippen molar-refractivity contribution in [3.05, 3.63) is 83.7 Å². The van der Waals surface area contributed by atoms with Gasteiger partial charge in [-0.25, -0.2) is 0 Å². The first-order valence-electron chi connectivity index (χ1n) is 9.51. The maximum Gasteiger partial charge on any atom is 0.325 e. The predicted molar refractivity (Wildman–Crippen MR) is 116 cm³/mol. The molecule has 4 N–H and O–H groups in total. The molecule has 0 aliphatic heterocycles. The molecule has 8 heteroatoms. The molecule has 0 spiro atoms. The topological polar surface area (TPSA) is 123 Å². The lowest BCUT2D eigenvalue weighted by molar-refractivity contribution is -0.139. The molecule has 3 aromatic rings. The number of carbonyl (C=O) groups is 3. The van der Waals surface area contributed by atoms with Gasteiger partial charge in [-0.3, -0.25) is 19.4 Å². The van der Waals surface area contributed by atoms with E-state index in [0.717, 1.165) is 16.7 Å². The molecule has 0 saturated carbocycles. The van der Waals surface area contributed by atoms with E-state index in [4.69, 9.17) is 5.73 Å². The van der Waals surface area contributed by atoms with Gasteiger partial charge in [-0.05, 0) is 53.1 Å². The number of rotatable bonds is 7. The Hall–Kier alpha value is -4.04. The zero-order valence-electron chi connectivity index (χ0n) is 16.9. The van der Waals surface area contributed by atoms with E-state index in [0.29, 0.717) is 16.8 Å². The molecule has 0 unspecified atom stereocenters. The Morgan fingerprint density at radius 2 is 1.71 bits per heavy atom. The Balaban J connectivity index is 1.87. The second kappa shape index (κ2) is 10.1. The third-order valence-electron chi connectivity index (χ3n) is 4.59. The van der Waals surface area contributed by atoms with E-state index in [1.54, 1.807) is 60.9 Å². The molecular weight excluding hydrogens is 396 g/mol. The van der Waals surface area contributed by atoms with Crippen LogP contribution >= 0.6 is 0 Å². The number of nitrogens with one attached hydrogen (secondary N) is 2. The molecule has 0 fully saturated rings. The highest BCUT2D eigenvalue weighted by Crippen LogP contribution is 2.26. The number of nitrogens with two attached hydrogens (primary N) is 1. The van der Waals surface area contributed by atoms with Gasteiger partial charge in [-0.2, -0.15) is 0 Å². The summed E-state index contributed by atoms with van der Waals surface area (Å²) in [5.41, 5.74) is 9.64. The van der Waals surface area contributed by atoms with Crippen molar-refractivity contribution in [1.29, 1.82) is 0 Å². The van der Waals surface area contributed by atoms with E-state index in [9.17, 15) is 14.4 Å². The third kappa shape index (κ3) is 5.52. The van der Waals surface area contributed by atoms with Crippen LogP contribution in [0.2, 0.25) is 0 Å². The van der Waals surface area contributed by atoms with Gasteiger partial charge in [0.1, 0.15) is 6.54 Å². The van der Waals surface area contributed by atoms with Crippen LogP contribution in [0.3, 0.4) is 0 Å². The highest BCUT2D eigenvalue weighted by Gasteiger charge is 2.14. The van der Waals surface area contributed by atoms with Gasteiger partial charge in [0.25, 0.3) is 11.8 Å². The molecule has 0 bridgehead atoms. The summed E-state index contributed by atoms with van der Waals surface area (Å²) >= 11 is 0. The first kappa shape index (κ1) is 21.7. The second-order valence-corrected chi connectivity index (χ2v) is 6.61. The number of ether oxygens (including phenoxy) is 1. The normalized spacial score (nSPS) is 10.3. The largest absolute Gasteiger partial charge is 0.468 e. The smallest absolute Gasteiger partial charge is 0.325 e. The van der Waals surface area contributed by atoms with E-state index < -0.39 is 11.9 Å². The number of amides is 2. The molecule has 2 amide bonds. The lowest BCUT2D eigenvalue weighted by Gasteiger charge is -2.13. The lowest BCUT2D eigenvalue weighted by Crippen LogP contribution is -2.30. The lowest BCUT2D eigenvalue weighted by atomic mass is 9.95. The summed E-state index contributed by atoms with van der Waals surface area (Å²) in [5, 5.41) is 5.33. The van der Waals surface area contributed by atoms with E-state index in [-0.39, 0.29) is 19.0 Å². The number of hydrogen-bond acceptors (Lipinski definition) is 6. The number of pyridine rings is 1. The molecule has 1 aromatic heterocycles. The summed E-state index contributed by atoms with van der Waals surface area (Å²) in [6.07, 6.45) is 3.19. The van der Waals surface area contributed by atoms with Crippen LogP contribution in [0.15, 0.2) is 67.0 Å². The fraction of sp³-hybridized carbons (Fsp3) is 0.130. The monoisotopic (exact) mass is 418 g/mol. The molecular formula is C23H22N4O4. The standard InChI is InChI=1S/C23H22N4O4/c1-31-21(28)14-26-22(29)16-4-2-3-15(11-16)20-12-17(5-6-18(20)13-24)23(30)27-19-7-9-25-10-8-19/h2-12H,13-14,24H2,1H3,(H,26,29)(H,25,27,30). The molecule has 3 rings (SSSR count). The molecule has 158 valence electrons. The predicted octanol–water partition coefficient (Wildman–Crippen LogP) is 2.36. The number of benzene rings is 2. The fourth-order valence-corrected chi connectivity index (χ4v) is 2.96. The van der Waals surface area contributed by atoms with Crippen molar-refractivity contribution in [3.63, 3.8) is 0 Å². The Morgan fingerprint density at radius 3 is 2.42 bits per heavy atom. The minimum absolute atomic E-state index is 0.224. The number of methoxy groups -OCH3 is 1. The third-order valence-corrected chi connectivity index (χ3v) is 4.59. The van der Waals surface area contributed by atoms with Crippen molar-refractivity contribution >= 4 is 23.5 Å². The Labute approximate surface area is 179 Å². The van der Waals surface area contributed by atoms with Crippen molar-refractivity contribution in [3.8, 4) is 11.1 Å². The quantitative estimate of drug-likeness (QED) is 0.506. The number of hydrogen-bond donors (Lipinski definition) is 3. The highest BCUT2D eigenvalue weighted by molar-refractivity contribution is 6.05. The molecule has 0 radical (unpaired) electrons. The minimum Gasteiger partial charge on any atom is -0.468 e. The summed E-state index contributed by atoms with van der Waals surface area (Å²) < 4.78 is 4.53. The van der Waals surface area contributed by atoms with E-state index in [1.807, 2.05) is 6.07 Å². The van der Waals surface area contributed by atoms with Crippen LogP contribution in [0, 0.1) is 0 Å². The van der Waals surface area contributed by atoms with E-state index in [2.05, 4.69) is 20.4 Å². The number of carbonyl (C=O) groups excluding carboxylic acids is 3. The maximum absolute atomic E-state index is 12.7. The minimum atomic E-state index is -0.539. The molecule has 0 aliphatic rings. The average molecular weight is 418 g/mol. The van der Waals surface area contributed by atoms with Gasteiger partial charge in [0.15, 0.2) is 0 Å². The first-order valence-corrected chi connectivity index (χ1v) is 9.51. The maximum atomic E-state index is 12.7. The molecule has 2 aromatic carbocycles. The van der Waals surface area contributed by atoms with Gasteiger partial charge >= 0.3 is 5.97 Å². The van der Waals surface area contributed by atoms with E-state index >= 15 is 0 Å². The van der Waals surface area contributed by atoms with Gasteiger partial charge in [-0.15, -0.1) is 0 Å². The van der Waals surface area contributed by atoms with Crippen molar-refractivity contribution < 1.29 is 19.1 Å². The zero-order chi connectivity index (χ0) is 22.2. The zero-order valence-corrected chi connectivity index (χ0v) is 16.9. The average Bonchev–Trinajstić information content (AvgIpc) is 2.82. The molecule has 31 heavy (non-hydrogen) atoms. The van der Waals surface area contributed by atoms with Crippen molar-refractivity contribution in [1.82, 2.24) is 10.3 Å². The molecule has 0 atom stereocenters. The van der Waals surface area contributed by atoms with Gasteiger partial charge in [0.2, 0.25) is 0 Å². The Kier molecular flexibility index (Phi) is 7.08. The Morgan fingerprint density at radius 1 is 0.968 bits per heavy atom. The van der Waals surface area contributed by atoms with Crippen LogP contribution < -0.4 is 16.4 Å². The van der Waals surface area contributed by atoms with Crippen molar-refractivity contribution in [2.45, 2.75) is 6.54 Å². The van der Waals surface area contributed by atoms with Gasteiger partial charge < -0.3 is 21.1 Å². The van der Waals surface area contributed by atoms with Crippen LogP contribution in [-0.4, -0.2) is 36.4 Å². The number of esters is 1. The van der Waals surface area contributed by atoms with Gasteiger partial charge in [0, 0.05) is 35.8 Å². The highest BCUT2D eigenvalue weighted by atomic mass is 16.5. The molecule has 0 aliphatic carbocycles. The Bertz CT molecular complexity index is 1100. The summed E-state index contributed by atoms with van der Waals surface area (Å²) in [6, 6.07) is 15.5. The molecule has 1 heterocycles. The van der Waals surface area contributed by atoms with Gasteiger partial charge in [0.05, 0.1) is 7.11 Å². The van der Waals surface area contributed by atoms with Gasteiger partial charge in [-0.1, -0.05) is 18.2 Å². The van der Waals surface area contributed by atoms with Crippen LogP contribution in [-0.2, 0) is 16.1 Å². The fourth-order valence-electron chi connectivity index (χ4n) is 2.96. The van der Waals surface area contributed by atoms with Crippen LogP contribution in [0.1, 0.15) is 26.3 Å². The first-order chi connectivity index (χ1) is 15.0.